The molecular weight excluding hydrogens is 277 g/mol. The third-order valence-electron chi connectivity index (χ3n) is 2.20. The number of halogens is 2. The molecule has 0 aliphatic rings. The highest BCUT2D eigenvalue weighted by atomic mass is 35.5. The Bertz CT molecular complexity index is 616. The van der Waals surface area contributed by atoms with Crippen molar-refractivity contribution in [1.82, 2.24) is 15.8 Å². The van der Waals surface area contributed by atoms with Gasteiger partial charge in [-0.05, 0) is 28.5 Å². The summed E-state index contributed by atoms with van der Waals surface area (Å²) in [4.78, 5) is 4.03. The molecule has 7 nitrogen and oxygen atoms in total. The van der Waals surface area contributed by atoms with Gasteiger partial charge in [-0.15, -0.1) is 0 Å². The van der Waals surface area contributed by atoms with Gasteiger partial charge in [0, 0.05) is 7.05 Å². The minimum absolute atomic E-state index is 0.0201. The summed E-state index contributed by atoms with van der Waals surface area (Å²) in [5, 5.41) is 18.9. The third kappa shape index (κ3) is 2.80. The van der Waals surface area contributed by atoms with Gasteiger partial charge < -0.3 is 5.32 Å². The molecule has 0 unspecified atom stereocenters. The first-order chi connectivity index (χ1) is 9.15. The molecule has 0 saturated carbocycles. The van der Waals surface area contributed by atoms with Crippen LogP contribution < -0.4 is 10.8 Å². The van der Waals surface area contributed by atoms with E-state index in [1.165, 1.54) is 12.1 Å². The largest absolute Gasteiger partial charge is 0.368 e. The number of hydrogen-bond donors (Lipinski definition) is 3. The SMILES string of the molecule is CNc1nonc1C(=Nc1ccc(F)c(Cl)c1)NO. The number of aromatic nitrogens is 2. The number of nitrogens with one attached hydrogen (secondary N) is 2. The van der Waals surface area contributed by atoms with E-state index in [1.807, 2.05) is 5.48 Å². The summed E-state index contributed by atoms with van der Waals surface area (Å²) in [6, 6.07) is 3.86. The Morgan fingerprint density at radius 3 is 2.89 bits per heavy atom. The lowest BCUT2D eigenvalue weighted by molar-refractivity contribution is 0.234. The molecule has 1 heterocycles. The molecule has 0 saturated heterocycles. The van der Waals surface area contributed by atoms with Crippen molar-refractivity contribution in [1.29, 1.82) is 0 Å². The summed E-state index contributed by atoms with van der Waals surface area (Å²) in [5.41, 5.74) is 2.37. The molecule has 2 aromatic rings. The van der Waals surface area contributed by atoms with Gasteiger partial charge in [-0.25, -0.2) is 14.0 Å². The summed E-state index contributed by atoms with van der Waals surface area (Å²) in [7, 11) is 1.60. The van der Waals surface area contributed by atoms with Crippen molar-refractivity contribution in [2.75, 3.05) is 12.4 Å². The third-order valence-corrected chi connectivity index (χ3v) is 2.49. The van der Waals surface area contributed by atoms with E-state index in [0.29, 0.717) is 5.69 Å². The minimum Gasteiger partial charge on any atom is -0.368 e. The zero-order valence-corrected chi connectivity index (χ0v) is 10.4. The first-order valence-electron chi connectivity index (χ1n) is 5.10. The average Bonchev–Trinajstić information content (AvgIpc) is 2.88. The van der Waals surface area contributed by atoms with Crippen LogP contribution in [0.5, 0.6) is 0 Å². The number of rotatable bonds is 3. The fraction of sp³-hybridized carbons (Fsp3) is 0.100. The van der Waals surface area contributed by atoms with Gasteiger partial charge in [-0.2, -0.15) is 0 Å². The Hall–Kier alpha value is -2.19. The Kier molecular flexibility index (Phi) is 3.93. The summed E-state index contributed by atoms with van der Waals surface area (Å²) in [5.74, 6) is -0.292. The molecule has 1 aromatic carbocycles. The molecule has 0 bridgehead atoms. The fourth-order valence-corrected chi connectivity index (χ4v) is 1.50. The van der Waals surface area contributed by atoms with Crippen molar-refractivity contribution in [3.63, 3.8) is 0 Å². The van der Waals surface area contributed by atoms with Gasteiger partial charge in [0.2, 0.25) is 5.82 Å². The predicted molar refractivity (Wildman–Crippen MR) is 66.4 cm³/mol. The molecule has 19 heavy (non-hydrogen) atoms. The number of hydrogen-bond acceptors (Lipinski definition) is 6. The smallest absolute Gasteiger partial charge is 0.202 e. The predicted octanol–water partition coefficient (Wildman–Crippen LogP) is 1.96. The first-order valence-corrected chi connectivity index (χ1v) is 5.48. The van der Waals surface area contributed by atoms with E-state index in [4.69, 9.17) is 16.8 Å². The van der Waals surface area contributed by atoms with Crippen LogP contribution in [0.3, 0.4) is 0 Å². The quantitative estimate of drug-likeness (QED) is 0.453. The number of anilines is 1. The van der Waals surface area contributed by atoms with Crippen molar-refractivity contribution in [2.24, 2.45) is 4.99 Å². The number of hydroxylamine groups is 1. The van der Waals surface area contributed by atoms with Crippen molar-refractivity contribution >= 4 is 28.9 Å². The maximum absolute atomic E-state index is 13.0. The Morgan fingerprint density at radius 1 is 1.47 bits per heavy atom. The van der Waals surface area contributed by atoms with Crippen LogP contribution in [0.15, 0.2) is 27.8 Å². The van der Waals surface area contributed by atoms with E-state index < -0.39 is 5.82 Å². The molecule has 2 rings (SSSR count). The van der Waals surface area contributed by atoms with Gasteiger partial charge in [0.25, 0.3) is 0 Å². The lowest BCUT2D eigenvalue weighted by Crippen LogP contribution is -2.21. The van der Waals surface area contributed by atoms with Gasteiger partial charge in [0.1, 0.15) is 5.82 Å². The summed E-state index contributed by atoms with van der Waals surface area (Å²) in [6.07, 6.45) is 0. The van der Waals surface area contributed by atoms with Crippen LogP contribution >= 0.6 is 11.6 Å². The Balaban J connectivity index is 2.41. The highest BCUT2D eigenvalue weighted by molar-refractivity contribution is 6.31. The number of nitrogens with zero attached hydrogens (tertiary/aromatic N) is 3. The normalized spacial score (nSPS) is 11.5. The minimum atomic E-state index is -0.557. The van der Waals surface area contributed by atoms with Crippen LogP contribution in [0.4, 0.5) is 15.9 Å². The maximum Gasteiger partial charge on any atom is 0.202 e. The standard InChI is InChI=1S/C10H9ClFN5O2/c1-13-9-8(16-19-17-9)10(15-18)14-5-2-3-7(12)6(11)4-5/h2-4,18H,1H3,(H,13,17)(H,14,15). The van der Waals surface area contributed by atoms with E-state index in [2.05, 4.69) is 25.3 Å². The number of benzene rings is 1. The van der Waals surface area contributed by atoms with Crippen LogP contribution in [0, 0.1) is 5.82 Å². The second kappa shape index (κ2) is 5.63. The van der Waals surface area contributed by atoms with E-state index in [0.717, 1.165) is 6.07 Å². The monoisotopic (exact) mass is 285 g/mol. The van der Waals surface area contributed by atoms with Gasteiger partial charge in [0.05, 0.1) is 10.7 Å². The molecule has 0 atom stereocenters. The second-order valence-corrected chi connectivity index (χ2v) is 3.79. The lowest BCUT2D eigenvalue weighted by Gasteiger charge is -2.03. The van der Waals surface area contributed by atoms with E-state index >= 15 is 0 Å². The Labute approximate surface area is 112 Å². The molecule has 0 radical (unpaired) electrons. The molecule has 1 aromatic heterocycles. The van der Waals surface area contributed by atoms with Gasteiger partial charge in [0.15, 0.2) is 11.5 Å². The molecule has 0 aliphatic heterocycles. The van der Waals surface area contributed by atoms with Gasteiger partial charge in [-0.1, -0.05) is 11.6 Å². The fourth-order valence-electron chi connectivity index (χ4n) is 1.32. The van der Waals surface area contributed by atoms with Crippen molar-refractivity contribution in [3.05, 3.63) is 34.7 Å². The van der Waals surface area contributed by atoms with Gasteiger partial charge >= 0.3 is 0 Å². The van der Waals surface area contributed by atoms with E-state index in [1.54, 1.807) is 7.05 Å². The molecule has 0 fully saturated rings. The van der Waals surface area contributed by atoms with Crippen LogP contribution in [0.2, 0.25) is 5.02 Å². The zero-order valence-electron chi connectivity index (χ0n) is 9.69. The summed E-state index contributed by atoms with van der Waals surface area (Å²) < 4.78 is 17.5. The molecule has 0 amide bonds. The molecule has 0 spiro atoms. The highest BCUT2D eigenvalue weighted by Crippen LogP contribution is 2.22. The summed E-state index contributed by atoms with van der Waals surface area (Å²) >= 11 is 5.64. The van der Waals surface area contributed by atoms with Gasteiger partial charge in [-0.3, -0.25) is 10.7 Å². The van der Waals surface area contributed by atoms with E-state index in [9.17, 15) is 4.39 Å². The van der Waals surface area contributed by atoms with Crippen molar-refractivity contribution < 1.29 is 14.2 Å². The van der Waals surface area contributed by atoms with Crippen LogP contribution in [0.25, 0.3) is 0 Å². The molecule has 9 heteroatoms. The topological polar surface area (TPSA) is 95.6 Å². The first kappa shape index (κ1) is 13.2. The van der Waals surface area contributed by atoms with E-state index in [-0.39, 0.29) is 22.4 Å². The van der Waals surface area contributed by atoms with Crippen LogP contribution in [0.1, 0.15) is 5.69 Å². The van der Waals surface area contributed by atoms with Crippen molar-refractivity contribution in [3.8, 4) is 0 Å². The number of aliphatic imine (C=N–C) groups is 1. The molecular formula is C10H9ClFN5O2. The lowest BCUT2D eigenvalue weighted by atomic mass is 10.3. The maximum atomic E-state index is 13.0. The Morgan fingerprint density at radius 2 is 2.26 bits per heavy atom. The second-order valence-electron chi connectivity index (χ2n) is 3.38. The molecule has 100 valence electrons. The summed E-state index contributed by atoms with van der Waals surface area (Å²) in [6.45, 7) is 0. The highest BCUT2D eigenvalue weighted by Gasteiger charge is 2.15. The van der Waals surface area contributed by atoms with Crippen LogP contribution in [-0.4, -0.2) is 28.4 Å². The average molecular weight is 286 g/mol. The number of amidine groups is 1. The van der Waals surface area contributed by atoms with Crippen LogP contribution in [-0.2, 0) is 0 Å². The molecule has 0 aliphatic carbocycles. The molecule has 3 N–H and O–H groups in total. The van der Waals surface area contributed by atoms with Crippen molar-refractivity contribution in [2.45, 2.75) is 0 Å². The zero-order chi connectivity index (χ0) is 13.8.